The second kappa shape index (κ2) is 6.38. The van der Waals surface area contributed by atoms with E-state index in [1.54, 1.807) is 0 Å². The second-order valence-corrected chi connectivity index (χ2v) is 6.33. The van der Waals surface area contributed by atoms with E-state index in [0.29, 0.717) is 6.54 Å². The van der Waals surface area contributed by atoms with Crippen molar-refractivity contribution in [1.82, 2.24) is 4.90 Å². The first-order valence-electron chi connectivity index (χ1n) is 6.67. The van der Waals surface area contributed by atoms with E-state index in [9.17, 15) is 0 Å². The predicted molar refractivity (Wildman–Crippen MR) is 78.5 cm³/mol. The normalized spacial score (nSPS) is 20.1. The van der Waals surface area contributed by atoms with Gasteiger partial charge in [0.25, 0.3) is 0 Å². The smallest absolute Gasteiger partial charge is 0.0555 e. The summed E-state index contributed by atoms with van der Waals surface area (Å²) in [7, 11) is 0. The fraction of sp³-hybridized carbons (Fsp3) is 0.600. The lowest BCUT2D eigenvalue weighted by Gasteiger charge is -2.16. The Morgan fingerprint density at radius 3 is 3.06 bits per heavy atom. The minimum Gasteiger partial charge on any atom is -0.320 e. The average molecular weight is 262 g/mol. The van der Waals surface area contributed by atoms with Gasteiger partial charge in [0.05, 0.1) is 6.54 Å². The number of hydrogen-bond acceptors (Lipinski definition) is 3. The lowest BCUT2D eigenvalue weighted by molar-refractivity contribution is 0.299. The van der Waals surface area contributed by atoms with E-state index in [1.165, 1.54) is 24.4 Å². The molecule has 1 aliphatic rings. The van der Waals surface area contributed by atoms with Crippen LogP contribution in [-0.4, -0.2) is 24.5 Å². The molecule has 0 saturated carbocycles. The van der Waals surface area contributed by atoms with E-state index < -0.39 is 0 Å². The molecule has 1 fully saturated rings. The summed E-state index contributed by atoms with van der Waals surface area (Å²) in [6, 6.07) is 2.20. The van der Waals surface area contributed by atoms with Crippen molar-refractivity contribution >= 4 is 11.3 Å². The molecule has 98 valence electrons. The van der Waals surface area contributed by atoms with Crippen molar-refractivity contribution in [3.8, 4) is 11.8 Å². The molecule has 2 nitrogen and oxygen atoms in total. The minimum atomic E-state index is 0.438. The summed E-state index contributed by atoms with van der Waals surface area (Å²) >= 11 is 1.81. The standard InChI is InChI=1S/C15H22N2S/c1-12(2)14-5-7-17(9-14)10-15-8-13(11-18-15)4-3-6-16/h8,11-12,14H,5-7,9-10,16H2,1-2H3. The zero-order valence-corrected chi connectivity index (χ0v) is 12.1. The fourth-order valence-corrected chi connectivity index (χ4v) is 3.31. The van der Waals surface area contributed by atoms with E-state index in [2.05, 4.69) is 42.0 Å². The van der Waals surface area contributed by atoms with Crippen molar-refractivity contribution in [2.24, 2.45) is 17.6 Å². The zero-order valence-electron chi connectivity index (χ0n) is 11.3. The Hall–Kier alpha value is -0.820. The lowest BCUT2D eigenvalue weighted by Crippen LogP contribution is -2.20. The average Bonchev–Trinajstić information content (AvgIpc) is 2.96. The Labute approximate surface area is 114 Å². The number of likely N-dealkylation sites (tertiary alicyclic amines) is 1. The van der Waals surface area contributed by atoms with Crippen LogP contribution in [0.25, 0.3) is 0 Å². The van der Waals surface area contributed by atoms with Gasteiger partial charge in [-0.05, 0) is 30.9 Å². The summed E-state index contributed by atoms with van der Waals surface area (Å²) in [5, 5.41) is 2.13. The van der Waals surface area contributed by atoms with Crippen molar-refractivity contribution in [2.75, 3.05) is 19.6 Å². The third-order valence-electron chi connectivity index (χ3n) is 3.62. The summed E-state index contributed by atoms with van der Waals surface area (Å²) in [6.07, 6.45) is 1.35. The van der Waals surface area contributed by atoms with Crippen LogP contribution in [0, 0.1) is 23.7 Å². The summed E-state index contributed by atoms with van der Waals surface area (Å²) in [5.74, 6) is 7.68. The Bertz CT molecular complexity index is 439. The summed E-state index contributed by atoms with van der Waals surface area (Å²) in [5.41, 5.74) is 6.49. The van der Waals surface area contributed by atoms with Gasteiger partial charge in [-0.2, -0.15) is 0 Å². The van der Waals surface area contributed by atoms with Crippen LogP contribution in [0.4, 0.5) is 0 Å². The molecule has 0 aromatic carbocycles. The van der Waals surface area contributed by atoms with Crippen LogP contribution < -0.4 is 5.73 Å². The van der Waals surface area contributed by atoms with Gasteiger partial charge in [-0.1, -0.05) is 25.7 Å². The monoisotopic (exact) mass is 262 g/mol. The maximum atomic E-state index is 5.38. The van der Waals surface area contributed by atoms with Gasteiger partial charge >= 0.3 is 0 Å². The van der Waals surface area contributed by atoms with E-state index in [-0.39, 0.29) is 0 Å². The first kappa shape index (κ1) is 13.6. The van der Waals surface area contributed by atoms with Crippen LogP contribution >= 0.6 is 11.3 Å². The van der Waals surface area contributed by atoms with Crippen LogP contribution in [0.5, 0.6) is 0 Å². The van der Waals surface area contributed by atoms with Crippen molar-refractivity contribution < 1.29 is 0 Å². The summed E-state index contributed by atoms with van der Waals surface area (Å²) < 4.78 is 0. The number of hydrogen-bond donors (Lipinski definition) is 1. The molecular formula is C15H22N2S. The largest absolute Gasteiger partial charge is 0.320 e. The molecule has 3 heteroatoms. The quantitative estimate of drug-likeness (QED) is 0.848. The number of nitrogens with zero attached hydrogens (tertiary/aromatic N) is 1. The van der Waals surface area contributed by atoms with Crippen molar-refractivity contribution in [1.29, 1.82) is 0 Å². The third-order valence-corrected chi connectivity index (χ3v) is 4.54. The molecule has 0 aliphatic carbocycles. The van der Waals surface area contributed by atoms with Gasteiger partial charge in [-0.3, -0.25) is 4.90 Å². The predicted octanol–water partition coefficient (Wildman–Crippen LogP) is 2.54. The summed E-state index contributed by atoms with van der Waals surface area (Å²) in [4.78, 5) is 3.98. The molecule has 18 heavy (non-hydrogen) atoms. The van der Waals surface area contributed by atoms with Gasteiger partial charge in [-0.25, -0.2) is 0 Å². The highest BCUT2D eigenvalue weighted by Gasteiger charge is 2.24. The van der Waals surface area contributed by atoms with Gasteiger partial charge in [0, 0.05) is 28.9 Å². The molecule has 0 bridgehead atoms. The van der Waals surface area contributed by atoms with Gasteiger partial charge in [0.2, 0.25) is 0 Å². The van der Waals surface area contributed by atoms with E-state index >= 15 is 0 Å². The third kappa shape index (κ3) is 3.58. The molecule has 1 atom stereocenters. The molecule has 0 spiro atoms. The molecule has 1 aromatic rings. The Morgan fingerprint density at radius 2 is 2.39 bits per heavy atom. The highest BCUT2D eigenvalue weighted by Crippen LogP contribution is 2.26. The Kier molecular flexibility index (Phi) is 4.82. The SMILES string of the molecule is CC(C)C1CCN(Cc2cc(C#CCN)cs2)C1. The molecule has 2 N–H and O–H groups in total. The van der Waals surface area contributed by atoms with E-state index in [4.69, 9.17) is 5.73 Å². The van der Waals surface area contributed by atoms with Crippen LogP contribution in [0.15, 0.2) is 11.4 Å². The highest BCUT2D eigenvalue weighted by atomic mass is 32.1. The fourth-order valence-electron chi connectivity index (χ4n) is 2.45. The number of thiophene rings is 1. The maximum Gasteiger partial charge on any atom is 0.0555 e. The van der Waals surface area contributed by atoms with Crippen molar-refractivity contribution in [2.45, 2.75) is 26.8 Å². The molecule has 1 unspecified atom stereocenters. The zero-order chi connectivity index (χ0) is 13.0. The van der Waals surface area contributed by atoms with Crippen LogP contribution in [0.1, 0.15) is 30.7 Å². The van der Waals surface area contributed by atoms with Crippen LogP contribution in [0.2, 0.25) is 0 Å². The van der Waals surface area contributed by atoms with E-state index in [0.717, 1.165) is 23.9 Å². The highest BCUT2D eigenvalue weighted by molar-refractivity contribution is 7.10. The van der Waals surface area contributed by atoms with E-state index in [1.807, 2.05) is 11.3 Å². The van der Waals surface area contributed by atoms with Gasteiger partial charge in [0.15, 0.2) is 0 Å². The van der Waals surface area contributed by atoms with Crippen molar-refractivity contribution in [3.63, 3.8) is 0 Å². The van der Waals surface area contributed by atoms with Crippen LogP contribution in [-0.2, 0) is 6.54 Å². The number of rotatable bonds is 3. The molecule has 1 aliphatic heterocycles. The minimum absolute atomic E-state index is 0.438. The molecule has 2 rings (SSSR count). The first-order chi connectivity index (χ1) is 8.69. The molecule has 0 radical (unpaired) electrons. The molecular weight excluding hydrogens is 240 g/mol. The molecule has 0 amide bonds. The Balaban J connectivity index is 1.89. The number of nitrogens with two attached hydrogens (primary N) is 1. The lowest BCUT2D eigenvalue weighted by atomic mass is 9.95. The Morgan fingerprint density at radius 1 is 1.56 bits per heavy atom. The molecule has 1 aromatic heterocycles. The van der Waals surface area contributed by atoms with Gasteiger partial charge < -0.3 is 5.73 Å². The van der Waals surface area contributed by atoms with Crippen molar-refractivity contribution in [3.05, 3.63) is 21.9 Å². The molecule has 2 heterocycles. The topological polar surface area (TPSA) is 29.3 Å². The van der Waals surface area contributed by atoms with Gasteiger partial charge in [-0.15, -0.1) is 11.3 Å². The second-order valence-electron chi connectivity index (χ2n) is 5.34. The first-order valence-corrected chi connectivity index (χ1v) is 7.55. The van der Waals surface area contributed by atoms with Gasteiger partial charge in [0.1, 0.15) is 0 Å². The molecule has 1 saturated heterocycles. The maximum absolute atomic E-state index is 5.38. The summed E-state index contributed by atoms with van der Waals surface area (Å²) in [6.45, 7) is 8.68. The van der Waals surface area contributed by atoms with Crippen LogP contribution in [0.3, 0.4) is 0 Å².